The van der Waals surface area contributed by atoms with Crippen molar-refractivity contribution in [3.63, 3.8) is 0 Å². The van der Waals surface area contributed by atoms with Gasteiger partial charge in [-0.2, -0.15) is 0 Å². The highest BCUT2D eigenvalue weighted by Crippen LogP contribution is 2.33. The van der Waals surface area contributed by atoms with Gasteiger partial charge in [0.25, 0.3) is 0 Å². The molecule has 0 aromatic carbocycles. The zero-order valence-electron chi connectivity index (χ0n) is 10.5. The van der Waals surface area contributed by atoms with Gasteiger partial charge in [0.2, 0.25) is 0 Å². The molecule has 2 aliphatic rings. The molecule has 0 bridgehead atoms. The summed E-state index contributed by atoms with van der Waals surface area (Å²) < 4.78 is 2.03. The van der Waals surface area contributed by atoms with Crippen molar-refractivity contribution in [3.8, 4) is 0 Å². The van der Waals surface area contributed by atoms with Gasteiger partial charge in [0.1, 0.15) is 0 Å². The maximum atomic E-state index is 4.17. The van der Waals surface area contributed by atoms with Crippen LogP contribution in [0.2, 0.25) is 0 Å². The van der Waals surface area contributed by atoms with E-state index in [4.69, 9.17) is 0 Å². The molecule has 5 heteroatoms. The second kappa shape index (κ2) is 4.72. The quantitative estimate of drug-likeness (QED) is 0.843. The van der Waals surface area contributed by atoms with Gasteiger partial charge in [0.15, 0.2) is 5.82 Å². The number of aromatic nitrogens is 4. The van der Waals surface area contributed by atoms with Crippen molar-refractivity contribution in [2.45, 2.75) is 64.1 Å². The fourth-order valence-electron chi connectivity index (χ4n) is 2.81. The Hall–Kier alpha value is -0.970. The van der Waals surface area contributed by atoms with E-state index in [9.17, 15) is 0 Å². The van der Waals surface area contributed by atoms with Crippen molar-refractivity contribution in [2.75, 3.05) is 0 Å². The number of nitrogens with zero attached hydrogens (tertiary/aromatic N) is 4. The molecule has 2 saturated carbocycles. The van der Waals surface area contributed by atoms with Gasteiger partial charge in [-0.25, -0.2) is 4.68 Å². The van der Waals surface area contributed by atoms with Crippen LogP contribution in [0.3, 0.4) is 0 Å². The fourth-order valence-corrected chi connectivity index (χ4v) is 2.81. The topological polar surface area (TPSA) is 55.6 Å². The summed E-state index contributed by atoms with van der Waals surface area (Å²) in [6.45, 7) is 3.07. The molecule has 0 saturated heterocycles. The van der Waals surface area contributed by atoms with Crippen LogP contribution in [0.25, 0.3) is 0 Å². The van der Waals surface area contributed by atoms with Crippen LogP contribution in [0.1, 0.15) is 57.3 Å². The van der Waals surface area contributed by atoms with Crippen LogP contribution in [-0.4, -0.2) is 26.2 Å². The van der Waals surface area contributed by atoms with Crippen molar-refractivity contribution in [1.29, 1.82) is 0 Å². The van der Waals surface area contributed by atoms with Crippen LogP contribution in [0.4, 0.5) is 0 Å². The first-order valence-corrected chi connectivity index (χ1v) is 6.84. The number of nitrogens with one attached hydrogen (secondary N) is 1. The van der Waals surface area contributed by atoms with Crippen LogP contribution in [0.15, 0.2) is 0 Å². The molecule has 3 rings (SSSR count). The lowest BCUT2D eigenvalue weighted by Crippen LogP contribution is -2.23. The molecule has 2 aliphatic carbocycles. The second-order valence-electron chi connectivity index (χ2n) is 5.48. The van der Waals surface area contributed by atoms with Crippen LogP contribution in [-0.2, 0) is 6.54 Å². The van der Waals surface area contributed by atoms with E-state index in [-0.39, 0.29) is 0 Å². The Kier molecular flexibility index (Phi) is 3.09. The van der Waals surface area contributed by atoms with Crippen LogP contribution < -0.4 is 5.32 Å². The average molecular weight is 235 g/mol. The predicted octanol–water partition coefficient (Wildman–Crippen LogP) is 1.68. The van der Waals surface area contributed by atoms with Crippen LogP contribution >= 0.6 is 0 Å². The minimum Gasteiger partial charge on any atom is -0.307 e. The van der Waals surface area contributed by atoms with E-state index in [1.807, 2.05) is 4.68 Å². The summed E-state index contributed by atoms with van der Waals surface area (Å²) in [6.07, 6.45) is 8.01. The molecular weight excluding hydrogens is 214 g/mol. The molecule has 0 radical (unpaired) electrons. The second-order valence-corrected chi connectivity index (χ2v) is 5.48. The minimum atomic E-state index is 0.448. The molecule has 1 atom stereocenters. The fraction of sp³-hybridized carbons (Fsp3) is 0.917. The molecule has 1 heterocycles. The maximum Gasteiger partial charge on any atom is 0.165 e. The lowest BCUT2D eigenvalue weighted by atomic mass is 10.00. The summed E-state index contributed by atoms with van der Waals surface area (Å²) in [5.41, 5.74) is 0. The van der Waals surface area contributed by atoms with Gasteiger partial charge in [0.05, 0.1) is 12.6 Å². The summed E-state index contributed by atoms with van der Waals surface area (Å²) >= 11 is 0. The first-order valence-electron chi connectivity index (χ1n) is 6.84. The molecule has 1 aromatic heterocycles. The first-order chi connectivity index (χ1) is 8.34. The Morgan fingerprint density at radius 2 is 2.06 bits per heavy atom. The molecule has 0 spiro atoms. The standard InChI is InChI=1S/C12H21N5/c1-9(10-4-2-3-5-10)17-12(14-15-16-17)8-13-11-6-7-11/h9-11,13H,2-8H2,1H3. The highest BCUT2D eigenvalue weighted by Gasteiger charge is 2.26. The number of rotatable bonds is 5. The van der Waals surface area contributed by atoms with Crippen molar-refractivity contribution >= 4 is 0 Å². The van der Waals surface area contributed by atoms with Crippen molar-refractivity contribution in [3.05, 3.63) is 5.82 Å². The number of tetrazole rings is 1. The minimum absolute atomic E-state index is 0.448. The molecule has 17 heavy (non-hydrogen) atoms. The van der Waals surface area contributed by atoms with Crippen molar-refractivity contribution in [2.24, 2.45) is 5.92 Å². The van der Waals surface area contributed by atoms with E-state index in [1.54, 1.807) is 0 Å². The Bertz CT molecular complexity index is 365. The van der Waals surface area contributed by atoms with Gasteiger partial charge >= 0.3 is 0 Å². The first kappa shape index (κ1) is 11.1. The number of hydrogen-bond donors (Lipinski definition) is 1. The zero-order valence-corrected chi connectivity index (χ0v) is 10.5. The predicted molar refractivity (Wildman–Crippen MR) is 64.3 cm³/mol. The van der Waals surface area contributed by atoms with Gasteiger partial charge in [-0.05, 0) is 49.0 Å². The Labute approximate surface area is 102 Å². The molecule has 1 unspecified atom stereocenters. The third kappa shape index (κ3) is 2.49. The van der Waals surface area contributed by atoms with E-state index in [0.29, 0.717) is 12.1 Å². The Morgan fingerprint density at radius 1 is 1.29 bits per heavy atom. The monoisotopic (exact) mass is 235 g/mol. The summed E-state index contributed by atoms with van der Waals surface area (Å²) in [6, 6.07) is 1.16. The normalized spacial score (nSPS) is 23.1. The van der Waals surface area contributed by atoms with Gasteiger partial charge in [0, 0.05) is 6.04 Å². The van der Waals surface area contributed by atoms with Gasteiger partial charge < -0.3 is 5.32 Å². The smallest absolute Gasteiger partial charge is 0.165 e. The molecule has 1 aromatic rings. The zero-order chi connectivity index (χ0) is 11.7. The molecule has 1 N–H and O–H groups in total. The van der Waals surface area contributed by atoms with Crippen molar-refractivity contribution in [1.82, 2.24) is 25.5 Å². The third-order valence-electron chi connectivity index (χ3n) is 4.15. The highest BCUT2D eigenvalue weighted by atomic mass is 15.6. The molecular formula is C12H21N5. The summed E-state index contributed by atoms with van der Waals surface area (Å²) in [7, 11) is 0. The van der Waals surface area contributed by atoms with Gasteiger partial charge in [-0.1, -0.05) is 12.8 Å². The van der Waals surface area contributed by atoms with Gasteiger partial charge in [-0.3, -0.25) is 0 Å². The molecule has 2 fully saturated rings. The molecule has 5 nitrogen and oxygen atoms in total. The van der Waals surface area contributed by atoms with Crippen LogP contribution in [0, 0.1) is 5.92 Å². The van der Waals surface area contributed by atoms with E-state index in [0.717, 1.165) is 18.3 Å². The lowest BCUT2D eigenvalue weighted by molar-refractivity contribution is 0.319. The van der Waals surface area contributed by atoms with Gasteiger partial charge in [-0.15, -0.1) is 5.10 Å². The van der Waals surface area contributed by atoms with Crippen molar-refractivity contribution < 1.29 is 0 Å². The SMILES string of the molecule is CC(C1CCCC1)n1nnnc1CNC1CC1. The van der Waals surface area contributed by atoms with E-state index < -0.39 is 0 Å². The molecule has 94 valence electrons. The largest absolute Gasteiger partial charge is 0.307 e. The Morgan fingerprint density at radius 3 is 2.76 bits per heavy atom. The summed E-state index contributed by atoms with van der Waals surface area (Å²) in [5.74, 6) is 1.76. The van der Waals surface area contributed by atoms with E-state index >= 15 is 0 Å². The highest BCUT2D eigenvalue weighted by molar-refractivity contribution is 4.89. The average Bonchev–Trinajstić information content (AvgIpc) is 2.86. The molecule has 0 amide bonds. The molecule has 0 aliphatic heterocycles. The maximum absolute atomic E-state index is 4.17. The third-order valence-corrected chi connectivity index (χ3v) is 4.15. The van der Waals surface area contributed by atoms with E-state index in [1.165, 1.54) is 38.5 Å². The van der Waals surface area contributed by atoms with E-state index in [2.05, 4.69) is 27.8 Å². The number of hydrogen-bond acceptors (Lipinski definition) is 4. The van der Waals surface area contributed by atoms with Crippen LogP contribution in [0.5, 0.6) is 0 Å². The summed E-state index contributed by atoms with van der Waals surface area (Å²) in [4.78, 5) is 0. The summed E-state index contributed by atoms with van der Waals surface area (Å²) in [5, 5.41) is 15.6. The Balaban J connectivity index is 1.65. The lowest BCUT2D eigenvalue weighted by Gasteiger charge is -2.19.